The van der Waals surface area contributed by atoms with Gasteiger partial charge in [0.05, 0.1) is 10.0 Å². The highest BCUT2D eigenvalue weighted by molar-refractivity contribution is 6.37. The van der Waals surface area contributed by atoms with Gasteiger partial charge in [0, 0.05) is 24.6 Å². The van der Waals surface area contributed by atoms with Crippen LogP contribution in [0.15, 0.2) is 72.8 Å². The lowest BCUT2D eigenvalue weighted by atomic mass is 10.1. The van der Waals surface area contributed by atoms with Crippen molar-refractivity contribution in [1.82, 2.24) is 5.32 Å². The van der Waals surface area contributed by atoms with E-state index in [1.54, 1.807) is 39.0 Å². The highest BCUT2D eigenvalue weighted by Gasteiger charge is 2.25. The molecule has 0 aromatic heterocycles. The number of aliphatic carboxylic acids is 1. The molecule has 45 heavy (non-hydrogen) atoms. The molecule has 0 saturated carbocycles. The Morgan fingerprint density at radius 2 is 1.53 bits per heavy atom. The minimum Gasteiger partial charge on any atom is -0.488 e. The fourth-order valence-electron chi connectivity index (χ4n) is 4.51. The van der Waals surface area contributed by atoms with Crippen LogP contribution in [0.1, 0.15) is 44.4 Å². The van der Waals surface area contributed by atoms with E-state index >= 15 is 0 Å². The Hall–Kier alpha value is -4.47. The summed E-state index contributed by atoms with van der Waals surface area (Å²) in [5, 5.41) is 17.3. The molecule has 236 valence electrons. The smallest absolute Gasteiger partial charge is 0.408 e. The Bertz CT molecular complexity index is 1700. The van der Waals surface area contributed by atoms with Crippen LogP contribution in [0.3, 0.4) is 0 Å². The summed E-state index contributed by atoms with van der Waals surface area (Å²) in [6, 6.07) is 21.2. The Balaban J connectivity index is 1.50. The summed E-state index contributed by atoms with van der Waals surface area (Å²) in [5.41, 5.74) is 1.85. The first-order valence-corrected chi connectivity index (χ1v) is 14.9. The molecule has 11 heteroatoms. The Morgan fingerprint density at radius 1 is 0.844 bits per heavy atom. The summed E-state index contributed by atoms with van der Waals surface area (Å²) in [6.45, 7) is 6.75. The molecular formula is C34H34Cl2N2O7. The number of halogens is 2. The molecule has 0 saturated heterocycles. The number of hydrogen-bond donors (Lipinski definition) is 3. The third-order valence-corrected chi connectivity index (χ3v) is 7.01. The fourth-order valence-corrected chi connectivity index (χ4v) is 5.15. The lowest BCUT2D eigenvalue weighted by Gasteiger charge is -2.22. The molecule has 2 amide bonds. The van der Waals surface area contributed by atoms with Crippen molar-refractivity contribution in [1.29, 1.82) is 0 Å². The van der Waals surface area contributed by atoms with E-state index in [0.717, 1.165) is 16.3 Å². The molecule has 4 aromatic carbocycles. The minimum absolute atomic E-state index is 0.00276. The first-order valence-electron chi connectivity index (χ1n) is 14.1. The average Bonchev–Trinajstić information content (AvgIpc) is 2.94. The topological polar surface area (TPSA) is 123 Å². The van der Waals surface area contributed by atoms with Crippen molar-refractivity contribution in [2.75, 3.05) is 5.32 Å². The summed E-state index contributed by atoms with van der Waals surface area (Å²) in [4.78, 5) is 35.7. The summed E-state index contributed by atoms with van der Waals surface area (Å²) in [5.74, 6) is -0.754. The van der Waals surface area contributed by atoms with Crippen molar-refractivity contribution in [3.63, 3.8) is 0 Å². The van der Waals surface area contributed by atoms with Gasteiger partial charge in [-0.05, 0) is 79.1 Å². The molecule has 4 rings (SSSR count). The number of alkyl carbamates (subject to hydrolysis) is 1. The van der Waals surface area contributed by atoms with E-state index in [1.165, 1.54) is 19.1 Å². The maximum absolute atomic E-state index is 12.2. The van der Waals surface area contributed by atoms with Gasteiger partial charge in [-0.15, -0.1) is 0 Å². The van der Waals surface area contributed by atoms with Gasteiger partial charge in [-0.3, -0.25) is 4.79 Å². The van der Waals surface area contributed by atoms with E-state index < -0.39 is 23.7 Å². The van der Waals surface area contributed by atoms with Crippen LogP contribution >= 0.6 is 23.2 Å². The first kappa shape index (κ1) is 33.4. The number of carbonyl (C=O) groups excluding carboxylic acids is 2. The molecule has 0 aliphatic carbocycles. The highest BCUT2D eigenvalue weighted by Crippen LogP contribution is 2.36. The summed E-state index contributed by atoms with van der Waals surface area (Å²) in [7, 11) is 0. The van der Waals surface area contributed by atoms with Gasteiger partial charge >= 0.3 is 12.1 Å². The van der Waals surface area contributed by atoms with E-state index in [-0.39, 0.29) is 34.7 Å². The maximum atomic E-state index is 12.2. The van der Waals surface area contributed by atoms with Crippen molar-refractivity contribution in [2.45, 2.75) is 59.0 Å². The third-order valence-electron chi connectivity index (χ3n) is 6.45. The van der Waals surface area contributed by atoms with E-state index in [4.69, 9.17) is 37.4 Å². The zero-order valence-electron chi connectivity index (χ0n) is 25.3. The van der Waals surface area contributed by atoms with Crippen LogP contribution in [0.4, 0.5) is 10.5 Å². The minimum atomic E-state index is -1.28. The van der Waals surface area contributed by atoms with Crippen LogP contribution in [0.25, 0.3) is 10.8 Å². The predicted molar refractivity (Wildman–Crippen MR) is 174 cm³/mol. The maximum Gasteiger partial charge on any atom is 0.408 e. The molecule has 0 radical (unpaired) electrons. The van der Waals surface area contributed by atoms with Crippen LogP contribution in [0.5, 0.6) is 11.5 Å². The molecule has 0 heterocycles. The zero-order valence-corrected chi connectivity index (χ0v) is 26.8. The average molecular weight is 654 g/mol. The van der Waals surface area contributed by atoms with Gasteiger partial charge in [0.1, 0.15) is 30.6 Å². The molecule has 0 spiro atoms. The number of carboxylic acid groups (broad SMARTS) is 1. The molecule has 4 aromatic rings. The number of carbonyl (C=O) groups is 3. The molecular weight excluding hydrogens is 619 g/mol. The van der Waals surface area contributed by atoms with Gasteiger partial charge in [0.25, 0.3) is 0 Å². The number of fused-ring (bicyclic) bond motifs is 1. The zero-order chi connectivity index (χ0) is 32.7. The quantitative estimate of drug-likeness (QED) is 0.151. The fraction of sp³-hybridized carbons (Fsp3) is 0.265. The van der Waals surface area contributed by atoms with E-state index in [0.29, 0.717) is 29.2 Å². The van der Waals surface area contributed by atoms with Crippen LogP contribution in [0, 0.1) is 0 Å². The SMILES string of the molecule is CC(=O)Nc1ccc(OCc2ccc3ccccc3c2)c(COc2c(Cl)cc(CC(NC(=O)OC(C)(C)C)C(=O)O)cc2Cl)c1. The number of rotatable bonds is 11. The first-order chi connectivity index (χ1) is 21.3. The normalized spacial score (nSPS) is 11.9. The van der Waals surface area contributed by atoms with Crippen molar-refractivity contribution >= 4 is 57.6 Å². The van der Waals surface area contributed by atoms with Crippen molar-refractivity contribution in [2.24, 2.45) is 0 Å². The van der Waals surface area contributed by atoms with Gasteiger partial charge in [0.2, 0.25) is 5.91 Å². The highest BCUT2D eigenvalue weighted by atomic mass is 35.5. The molecule has 0 aliphatic heterocycles. The second-order valence-electron chi connectivity index (χ2n) is 11.4. The molecule has 1 unspecified atom stereocenters. The largest absolute Gasteiger partial charge is 0.488 e. The van der Waals surface area contributed by atoms with Crippen LogP contribution in [-0.4, -0.2) is 34.7 Å². The second kappa shape index (κ2) is 14.5. The van der Waals surface area contributed by atoms with Crippen LogP contribution in [-0.2, 0) is 34.0 Å². The lowest BCUT2D eigenvalue weighted by Crippen LogP contribution is -2.44. The van der Waals surface area contributed by atoms with Crippen molar-refractivity contribution in [3.8, 4) is 11.5 Å². The Labute approximate surface area is 271 Å². The summed E-state index contributed by atoms with van der Waals surface area (Å²) >= 11 is 13.1. The van der Waals surface area contributed by atoms with Crippen molar-refractivity contribution in [3.05, 3.63) is 99.5 Å². The van der Waals surface area contributed by atoms with Crippen LogP contribution in [0.2, 0.25) is 10.0 Å². The summed E-state index contributed by atoms with van der Waals surface area (Å²) < 4.78 is 17.4. The number of carboxylic acids is 1. The molecule has 1 atom stereocenters. The van der Waals surface area contributed by atoms with E-state index in [9.17, 15) is 19.5 Å². The van der Waals surface area contributed by atoms with Gasteiger partial charge in [-0.2, -0.15) is 0 Å². The number of amides is 2. The number of hydrogen-bond acceptors (Lipinski definition) is 6. The van der Waals surface area contributed by atoms with Gasteiger partial charge in [-0.25, -0.2) is 9.59 Å². The molecule has 3 N–H and O–H groups in total. The standard InChI is InChI=1S/C34H34Cl2N2O7/c1-20(39)37-26-11-12-30(43-18-21-9-10-23-7-5-6-8-24(23)13-21)25(17-26)19-44-31-27(35)14-22(15-28(31)36)16-29(32(40)41)38-33(42)45-34(2,3)4/h5-15,17,29H,16,18-19H2,1-4H3,(H,37,39)(H,38,42)(H,40,41). The van der Waals surface area contributed by atoms with E-state index in [2.05, 4.69) is 16.7 Å². The number of nitrogens with one attached hydrogen (secondary N) is 2. The molecule has 0 fully saturated rings. The Kier molecular flexibility index (Phi) is 10.8. The monoisotopic (exact) mass is 652 g/mol. The lowest BCUT2D eigenvalue weighted by molar-refractivity contribution is -0.139. The van der Waals surface area contributed by atoms with Crippen molar-refractivity contribution < 1.29 is 33.7 Å². The molecule has 9 nitrogen and oxygen atoms in total. The van der Waals surface area contributed by atoms with Gasteiger partial charge in [0.15, 0.2) is 5.75 Å². The number of anilines is 1. The summed E-state index contributed by atoms with van der Waals surface area (Å²) in [6.07, 6.45) is -0.952. The Morgan fingerprint density at radius 3 is 2.18 bits per heavy atom. The number of ether oxygens (including phenoxy) is 3. The molecule has 0 aliphatic rings. The van der Waals surface area contributed by atoms with E-state index in [1.807, 2.05) is 36.4 Å². The predicted octanol–water partition coefficient (Wildman–Crippen LogP) is 7.78. The second-order valence-corrected chi connectivity index (χ2v) is 12.2. The third kappa shape index (κ3) is 9.76. The van der Waals surface area contributed by atoms with Crippen LogP contribution < -0.4 is 20.1 Å². The van der Waals surface area contributed by atoms with Gasteiger partial charge < -0.3 is 30.0 Å². The van der Waals surface area contributed by atoms with Gasteiger partial charge in [-0.1, -0.05) is 59.6 Å². The number of benzene rings is 4. The molecule has 0 bridgehead atoms.